The van der Waals surface area contributed by atoms with E-state index in [9.17, 15) is 4.79 Å². The molecule has 1 saturated heterocycles. The minimum absolute atomic E-state index is 0.0815. The van der Waals surface area contributed by atoms with E-state index in [1.165, 1.54) is 12.7 Å². The molecule has 2 heterocycles. The number of carbonyl (C=O) groups excluding carboxylic acids is 1. The predicted octanol–water partition coefficient (Wildman–Crippen LogP) is 2.41. The van der Waals surface area contributed by atoms with Crippen molar-refractivity contribution in [1.82, 2.24) is 10.3 Å². The molecule has 8 heteroatoms. The van der Waals surface area contributed by atoms with Crippen LogP contribution in [-0.2, 0) is 0 Å². The molecule has 1 atom stereocenters. The molecule has 0 spiro atoms. The number of nitrogens with zero attached hydrogens (tertiary/aromatic N) is 3. The second kappa shape index (κ2) is 11.5. The van der Waals surface area contributed by atoms with Gasteiger partial charge in [-0.05, 0) is 50.0 Å². The summed E-state index contributed by atoms with van der Waals surface area (Å²) in [5, 5.41) is 10.7. The first-order valence-corrected chi connectivity index (χ1v) is 11.2. The number of rotatable bonds is 8. The molecule has 0 radical (unpaired) electrons. The van der Waals surface area contributed by atoms with Gasteiger partial charge in [0.25, 0.3) is 0 Å². The summed E-state index contributed by atoms with van der Waals surface area (Å²) in [7, 11) is 1.50. The highest BCUT2D eigenvalue weighted by atomic mass is 16.1. The third-order valence-electron chi connectivity index (χ3n) is 5.99. The van der Waals surface area contributed by atoms with Crippen molar-refractivity contribution in [2.45, 2.75) is 25.6 Å². The van der Waals surface area contributed by atoms with Gasteiger partial charge in [0.2, 0.25) is 0 Å². The second-order valence-electron chi connectivity index (χ2n) is 7.80. The summed E-state index contributed by atoms with van der Waals surface area (Å²) < 4.78 is 0. The Morgan fingerprint density at radius 1 is 1.09 bits per heavy atom. The lowest BCUT2D eigenvalue weighted by molar-refractivity contribution is 0.0967. The zero-order valence-corrected chi connectivity index (χ0v) is 19.1. The van der Waals surface area contributed by atoms with Gasteiger partial charge in [-0.1, -0.05) is 19.1 Å². The van der Waals surface area contributed by atoms with Crippen LogP contribution < -0.4 is 26.7 Å². The number of Topliss-reactive ketones (excluding diaryl/α,β-unsaturated/α-hetero) is 1. The number of fused-ring (bicyclic) bond motifs is 1. The zero-order chi connectivity index (χ0) is 22.9. The van der Waals surface area contributed by atoms with E-state index in [2.05, 4.69) is 62.5 Å². The first-order chi connectivity index (χ1) is 15.7. The monoisotopic (exact) mass is 437 g/mol. The Morgan fingerprint density at radius 3 is 2.22 bits per heavy atom. The van der Waals surface area contributed by atoms with Gasteiger partial charge in [0.05, 0.1) is 17.4 Å². The van der Waals surface area contributed by atoms with Gasteiger partial charge in [-0.3, -0.25) is 4.79 Å². The maximum atomic E-state index is 13.0. The molecule has 172 valence electrons. The standard InChI is InChI=1S/C23H30N6O.CH5N/c1-3-28-12-14-29(15-13-28)18-10-8-17(9-11-18)22(30)16-21(27-24-2)23-25-19-6-4-5-7-20(19)26-23;1-2/h4-11,21,23,25-27H,2-3,12-16H2,1H3;2H2,1H3. The van der Waals surface area contributed by atoms with Gasteiger partial charge < -0.3 is 31.6 Å². The Kier molecular flexibility index (Phi) is 8.47. The van der Waals surface area contributed by atoms with Crippen LogP contribution >= 0.6 is 0 Å². The topological polar surface area (TPSA) is 98.0 Å². The molecule has 0 aliphatic carbocycles. The maximum Gasteiger partial charge on any atom is 0.165 e. The molecule has 0 saturated carbocycles. The predicted molar refractivity (Wildman–Crippen MR) is 134 cm³/mol. The number of piperazine rings is 1. The highest BCUT2D eigenvalue weighted by Crippen LogP contribution is 2.30. The number of hydrogen-bond donors (Lipinski definition) is 4. The van der Waals surface area contributed by atoms with Crippen LogP contribution in [0.5, 0.6) is 0 Å². The first-order valence-electron chi connectivity index (χ1n) is 11.2. The number of nitrogens with one attached hydrogen (secondary N) is 3. The fraction of sp³-hybridized carbons (Fsp3) is 0.417. The van der Waals surface area contributed by atoms with E-state index < -0.39 is 0 Å². The number of likely N-dealkylation sites (N-methyl/N-ethyl adjacent to an activating group) is 1. The number of anilines is 3. The average Bonchev–Trinajstić information content (AvgIpc) is 3.29. The summed E-state index contributed by atoms with van der Waals surface area (Å²) in [6, 6.07) is 15.8. The van der Waals surface area contributed by atoms with Crippen LogP contribution in [0, 0.1) is 0 Å². The van der Waals surface area contributed by atoms with Gasteiger partial charge in [0, 0.05) is 50.6 Å². The Labute approximate surface area is 190 Å². The summed E-state index contributed by atoms with van der Waals surface area (Å²) in [4.78, 5) is 17.8. The minimum atomic E-state index is -0.218. The third kappa shape index (κ3) is 5.57. The molecule has 0 bridgehead atoms. The van der Waals surface area contributed by atoms with E-state index in [0.717, 1.165) is 49.7 Å². The van der Waals surface area contributed by atoms with Crippen molar-refractivity contribution in [1.29, 1.82) is 0 Å². The van der Waals surface area contributed by atoms with Crippen molar-refractivity contribution in [2.75, 3.05) is 55.3 Å². The van der Waals surface area contributed by atoms with Crippen molar-refractivity contribution in [2.24, 2.45) is 10.8 Å². The number of hydrazone groups is 1. The molecule has 2 aliphatic heterocycles. The van der Waals surface area contributed by atoms with Crippen LogP contribution in [0.4, 0.5) is 17.1 Å². The minimum Gasteiger partial charge on any atom is -0.369 e. The Balaban J connectivity index is 0.00000141. The molecular formula is C24H35N7O. The number of para-hydroxylation sites is 2. The van der Waals surface area contributed by atoms with E-state index in [1.54, 1.807) is 0 Å². The van der Waals surface area contributed by atoms with Crippen molar-refractivity contribution in [3.63, 3.8) is 0 Å². The van der Waals surface area contributed by atoms with Gasteiger partial charge >= 0.3 is 0 Å². The summed E-state index contributed by atoms with van der Waals surface area (Å²) in [6.45, 7) is 11.1. The largest absolute Gasteiger partial charge is 0.369 e. The lowest BCUT2D eigenvalue weighted by Gasteiger charge is -2.35. The summed E-state index contributed by atoms with van der Waals surface area (Å²) in [5.41, 5.74) is 11.4. The second-order valence-corrected chi connectivity index (χ2v) is 7.80. The van der Waals surface area contributed by atoms with Gasteiger partial charge in [0.15, 0.2) is 5.78 Å². The molecule has 2 aromatic rings. The highest BCUT2D eigenvalue weighted by molar-refractivity contribution is 5.97. The maximum absolute atomic E-state index is 13.0. The Hall–Kier alpha value is -3.10. The van der Waals surface area contributed by atoms with Crippen molar-refractivity contribution in [3.05, 3.63) is 54.1 Å². The van der Waals surface area contributed by atoms with Crippen molar-refractivity contribution in [3.8, 4) is 0 Å². The van der Waals surface area contributed by atoms with Crippen LogP contribution in [-0.4, -0.2) is 69.4 Å². The number of benzene rings is 2. The number of carbonyl (C=O) groups is 1. The van der Waals surface area contributed by atoms with Crippen molar-refractivity contribution >= 4 is 29.6 Å². The Morgan fingerprint density at radius 2 is 1.69 bits per heavy atom. The Bertz CT molecular complexity index is 853. The summed E-state index contributed by atoms with van der Waals surface area (Å²) in [5.74, 6) is 0.0815. The normalized spacial score (nSPS) is 16.7. The summed E-state index contributed by atoms with van der Waals surface area (Å²) in [6.07, 6.45) is 0.178. The van der Waals surface area contributed by atoms with Crippen LogP contribution in [0.15, 0.2) is 53.6 Å². The molecule has 1 unspecified atom stereocenters. The third-order valence-corrected chi connectivity index (χ3v) is 5.99. The fourth-order valence-corrected chi connectivity index (χ4v) is 4.16. The van der Waals surface area contributed by atoms with Crippen LogP contribution in [0.25, 0.3) is 0 Å². The molecule has 2 aromatic carbocycles. The van der Waals surface area contributed by atoms with Gasteiger partial charge in [0.1, 0.15) is 6.17 Å². The van der Waals surface area contributed by atoms with E-state index in [4.69, 9.17) is 0 Å². The quantitative estimate of drug-likeness (QED) is 0.286. The lowest BCUT2D eigenvalue weighted by atomic mass is 10.0. The first kappa shape index (κ1) is 23.6. The van der Waals surface area contributed by atoms with Crippen LogP contribution in [0.3, 0.4) is 0 Å². The van der Waals surface area contributed by atoms with Crippen molar-refractivity contribution < 1.29 is 4.79 Å². The summed E-state index contributed by atoms with van der Waals surface area (Å²) >= 11 is 0. The van der Waals surface area contributed by atoms with E-state index >= 15 is 0 Å². The molecule has 0 aromatic heterocycles. The number of nitrogens with two attached hydrogens (primary N) is 1. The van der Waals surface area contributed by atoms with Crippen LogP contribution in [0.2, 0.25) is 0 Å². The zero-order valence-electron chi connectivity index (χ0n) is 19.1. The van der Waals surface area contributed by atoms with Crippen LogP contribution in [0.1, 0.15) is 23.7 Å². The van der Waals surface area contributed by atoms with E-state index in [1.807, 2.05) is 36.4 Å². The van der Waals surface area contributed by atoms with Gasteiger partial charge in [-0.25, -0.2) is 0 Å². The molecule has 5 N–H and O–H groups in total. The molecule has 8 nitrogen and oxygen atoms in total. The molecule has 32 heavy (non-hydrogen) atoms. The van der Waals surface area contributed by atoms with E-state index in [-0.39, 0.29) is 18.0 Å². The fourth-order valence-electron chi connectivity index (χ4n) is 4.16. The molecule has 0 amide bonds. The molecule has 2 aliphatic rings. The van der Waals surface area contributed by atoms with Gasteiger partial charge in [-0.15, -0.1) is 0 Å². The molecule has 1 fully saturated rings. The molecule has 4 rings (SSSR count). The smallest absolute Gasteiger partial charge is 0.165 e. The highest BCUT2D eigenvalue weighted by Gasteiger charge is 2.29. The van der Waals surface area contributed by atoms with E-state index in [0.29, 0.717) is 6.42 Å². The average molecular weight is 438 g/mol. The molecular weight excluding hydrogens is 402 g/mol. The SMILES string of the molecule is C=NNC(CC(=O)c1ccc(N2CCN(CC)CC2)cc1)C1Nc2ccccc2N1.CN. The number of hydrogen-bond acceptors (Lipinski definition) is 8. The van der Waals surface area contributed by atoms with Gasteiger partial charge in [-0.2, -0.15) is 5.10 Å². The number of ketones is 1. The lowest BCUT2D eigenvalue weighted by Crippen LogP contribution is -2.46.